The quantitative estimate of drug-likeness (QED) is 0.635. The summed E-state index contributed by atoms with van der Waals surface area (Å²) in [5.74, 6) is 0. The third-order valence-electron chi connectivity index (χ3n) is 3.51. The van der Waals surface area contributed by atoms with Crippen molar-refractivity contribution in [1.29, 1.82) is 0 Å². The largest absolute Gasteiger partial charge is 0.299 e. The predicted octanol–water partition coefficient (Wildman–Crippen LogP) is 1.74. The van der Waals surface area contributed by atoms with Crippen LogP contribution in [-0.4, -0.2) is 25.8 Å². The second kappa shape index (κ2) is 3.11. The summed E-state index contributed by atoms with van der Waals surface area (Å²) in [6.45, 7) is 1.23. The molecule has 2 aliphatic rings. The summed E-state index contributed by atoms with van der Waals surface area (Å²) in [7, 11) is 1.81. The SMILES string of the molecule is O=S(=O)(Cl)N1CCC2(CCC2)CC1. The normalized spacial score (nSPS) is 28.7. The molecule has 0 amide bonds. The highest BCUT2D eigenvalue weighted by Crippen LogP contribution is 2.49. The summed E-state index contributed by atoms with van der Waals surface area (Å²) < 4.78 is 23.4. The van der Waals surface area contributed by atoms with Gasteiger partial charge in [0.1, 0.15) is 0 Å². The number of halogens is 1. The maximum absolute atomic E-state index is 11.0. The molecule has 1 aliphatic heterocycles. The van der Waals surface area contributed by atoms with Gasteiger partial charge in [-0.1, -0.05) is 6.42 Å². The standard InChI is InChI=1S/C8H14ClNO2S/c9-13(11,12)10-6-4-8(5-7-10)2-1-3-8/h1-7H2. The fourth-order valence-electron chi connectivity index (χ4n) is 2.36. The lowest BCUT2D eigenvalue weighted by molar-refractivity contribution is 0.0615. The van der Waals surface area contributed by atoms with Crippen molar-refractivity contribution in [3.63, 3.8) is 0 Å². The highest BCUT2D eigenvalue weighted by Gasteiger charge is 2.41. The molecule has 1 heterocycles. The van der Waals surface area contributed by atoms with Crippen molar-refractivity contribution in [3.05, 3.63) is 0 Å². The maximum atomic E-state index is 11.0. The van der Waals surface area contributed by atoms with Crippen molar-refractivity contribution in [3.8, 4) is 0 Å². The fraction of sp³-hybridized carbons (Fsp3) is 1.00. The lowest BCUT2D eigenvalue weighted by Gasteiger charge is -2.47. The van der Waals surface area contributed by atoms with Gasteiger partial charge in [0.15, 0.2) is 0 Å². The van der Waals surface area contributed by atoms with Crippen molar-refractivity contribution in [1.82, 2.24) is 4.31 Å². The average molecular weight is 224 g/mol. The molecule has 3 nitrogen and oxygen atoms in total. The molecule has 0 aromatic carbocycles. The highest BCUT2D eigenvalue weighted by atomic mass is 35.7. The first kappa shape index (κ1) is 9.74. The van der Waals surface area contributed by atoms with E-state index in [4.69, 9.17) is 10.7 Å². The van der Waals surface area contributed by atoms with Crippen LogP contribution in [0.15, 0.2) is 0 Å². The Morgan fingerprint density at radius 3 is 1.92 bits per heavy atom. The number of nitrogens with zero attached hydrogens (tertiary/aromatic N) is 1. The van der Waals surface area contributed by atoms with Crippen molar-refractivity contribution in [2.45, 2.75) is 32.1 Å². The number of hydrogen-bond donors (Lipinski definition) is 0. The molecule has 0 unspecified atom stereocenters. The molecule has 0 bridgehead atoms. The molecule has 1 saturated carbocycles. The van der Waals surface area contributed by atoms with Crippen molar-refractivity contribution in [2.75, 3.05) is 13.1 Å². The van der Waals surface area contributed by atoms with Gasteiger partial charge in [-0.15, -0.1) is 0 Å². The Labute approximate surface area is 83.6 Å². The molecule has 13 heavy (non-hydrogen) atoms. The minimum atomic E-state index is -3.45. The lowest BCUT2D eigenvalue weighted by Crippen LogP contribution is -2.44. The molecule has 2 rings (SSSR count). The second-order valence-electron chi connectivity index (χ2n) is 4.19. The van der Waals surface area contributed by atoms with Crippen LogP contribution in [0.5, 0.6) is 0 Å². The summed E-state index contributed by atoms with van der Waals surface area (Å²) >= 11 is 0. The molecule has 1 aliphatic carbocycles. The van der Waals surface area contributed by atoms with Crippen molar-refractivity contribution < 1.29 is 8.42 Å². The van der Waals surface area contributed by atoms with Crippen LogP contribution in [0, 0.1) is 5.41 Å². The Hall–Kier alpha value is 0.200. The van der Waals surface area contributed by atoms with Gasteiger partial charge in [0.2, 0.25) is 0 Å². The van der Waals surface area contributed by atoms with Gasteiger partial charge in [0.25, 0.3) is 9.24 Å². The minimum absolute atomic E-state index is 0.484. The minimum Gasteiger partial charge on any atom is -0.195 e. The lowest BCUT2D eigenvalue weighted by atomic mass is 9.63. The van der Waals surface area contributed by atoms with Crippen LogP contribution < -0.4 is 0 Å². The Kier molecular flexibility index (Phi) is 2.33. The molecule has 0 atom stereocenters. The smallest absolute Gasteiger partial charge is 0.195 e. The van der Waals surface area contributed by atoms with Crippen LogP contribution >= 0.6 is 10.7 Å². The van der Waals surface area contributed by atoms with Gasteiger partial charge >= 0.3 is 0 Å². The van der Waals surface area contributed by atoms with Gasteiger partial charge in [0.05, 0.1) is 0 Å². The van der Waals surface area contributed by atoms with E-state index in [9.17, 15) is 8.42 Å². The van der Waals surface area contributed by atoms with Gasteiger partial charge < -0.3 is 0 Å². The van der Waals surface area contributed by atoms with Gasteiger partial charge in [0, 0.05) is 23.8 Å². The second-order valence-corrected chi connectivity index (χ2v) is 6.71. The average Bonchev–Trinajstić information content (AvgIpc) is 2.00. The highest BCUT2D eigenvalue weighted by molar-refractivity contribution is 8.11. The van der Waals surface area contributed by atoms with E-state index in [1.54, 1.807) is 0 Å². The van der Waals surface area contributed by atoms with Crippen LogP contribution in [0.25, 0.3) is 0 Å². The summed E-state index contributed by atoms with van der Waals surface area (Å²) in [5, 5.41) is 0. The number of piperidine rings is 1. The van der Waals surface area contributed by atoms with Crippen molar-refractivity contribution >= 4 is 19.9 Å². The van der Waals surface area contributed by atoms with Crippen LogP contribution in [0.4, 0.5) is 0 Å². The molecule has 2 fully saturated rings. The Bertz CT molecular complexity index is 287. The van der Waals surface area contributed by atoms with Gasteiger partial charge in [-0.05, 0) is 31.1 Å². The first-order chi connectivity index (χ1) is 6.02. The van der Waals surface area contributed by atoms with E-state index in [2.05, 4.69) is 0 Å². The van der Waals surface area contributed by atoms with Crippen LogP contribution in [0.2, 0.25) is 0 Å². The summed E-state index contributed by atoms with van der Waals surface area (Å²) in [4.78, 5) is 0. The van der Waals surface area contributed by atoms with Crippen LogP contribution in [0.1, 0.15) is 32.1 Å². The molecule has 0 aromatic rings. The predicted molar refractivity (Wildman–Crippen MR) is 51.9 cm³/mol. The molecule has 0 radical (unpaired) electrons. The van der Waals surface area contributed by atoms with Crippen LogP contribution in [-0.2, 0) is 9.24 Å². The zero-order chi connectivity index (χ0) is 9.53. The molecule has 5 heteroatoms. The topological polar surface area (TPSA) is 37.4 Å². The maximum Gasteiger partial charge on any atom is 0.299 e. The van der Waals surface area contributed by atoms with Gasteiger partial charge in [-0.25, -0.2) is 0 Å². The molecular weight excluding hydrogens is 210 g/mol. The fourth-order valence-corrected chi connectivity index (χ4v) is 3.39. The zero-order valence-corrected chi connectivity index (χ0v) is 9.07. The molecule has 1 saturated heterocycles. The number of rotatable bonds is 1. The summed E-state index contributed by atoms with van der Waals surface area (Å²) in [6.07, 6.45) is 5.87. The Morgan fingerprint density at radius 2 is 1.62 bits per heavy atom. The first-order valence-corrected chi connectivity index (χ1v) is 6.98. The van der Waals surface area contributed by atoms with E-state index in [1.165, 1.54) is 23.6 Å². The van der Waals surface area contributed by atoms with E-state index in [1.807, 2.05) is 0 Å². The summed E-state index contributed by atoms with van der Waals surface area (Å²) in [6, 6.07) is 0. The van der Waals surface area contributed by atoms with E-state index >= 15 is 0 Å². The van der Waals surface area contributed by atoms with E-state index in [0.717, 1.165) is 12.8 Å². The van der Waals surface area contributed by atoms with E-state index < -0.39 is 9.24 Å². The first-order valence-electron chi connectivity index (χ1n) is 4.72. The molecule has 1 spiro atoms. The molecule has 0 aromatic heterocycles. The third-order valence-corrected chi connectivity index (χ3v) is 5.07. The Balaban J connectivity index is 1.96. The van der Waals surface area contributed by atoms with Crippen LogP contribution in [0.3, 0.4) is 0 Å². The molecule has 76 valence electrons. The monoisotopic (exact) mass is 223 g/mol. The Morgan fingerprint density at radius 1 is 1.08 bits per heavy atom. The number of hydrogen-bond acceptors (Lipinski definition) is 2. The van der Waals surface area contributed by atoms with Gasteiger partial charge in [-0.2, -0.15) is 12.7 Å². The third kappa shape index (κ3) is 1.85. The van der Waals surface area contributed by atoms with E-state index in [-0.39, 0.29) is 0 Å². The van der Waals surface area contributed by atoms with Crippen molar-refractivity contribution in [2.24, 2.45) is 5.41 Å². The summed E-state index contributed by atoms with van der Waals surface area (Å²) in [5.41, 5.74) is 0.484. The zero-order valence-electron chi connectivity index (χ0n) is 7.50. The van der Waals surface area contributed by atoms with Gasteiger partial charge in [-0.3, -0.25) is 0 Å². The molecular formula is C8H14ClNO2S. The molecule has 0 N–H and O–H groups in total. The van der Waals surface area contributed by atoms with E-state index in [0.29, 0.717) is 18.5 Å².